The van der Waals surface area contributed by atoms with Crippen LogP contribution in [0.15, 0.2) is 18.2 Å². The molecule has 0 radical (unpaired) electrons. The van der Waals surface area contributed by atoms with Crippen molar-refractivity contribution in [3.63, 3.8) is 0 Å². The molecule has 1 aromatic rings. The van der Waals surface area contributed by atoms with E-state index in [-0.39, 0.29) is 22.8 Å². The van der Waals surface area contributed by atoms with Crippen molar-refractivity contribution in [3.8, 4) is 0 Å². The van der Waals surface area contributed by atoms with E-state index in [1.54, 1.807) is 18.2 Å². The largest absolute Gasteiger partial charge is 0.398 e. The van der Waals surface area contributed by atoms with Gasteiger partial charge in [0.1, 0.15) is 0 Å². The number of halogens is 1. The molecule has 0 heterocycles. The first-order chi connectivity index (χ1) is 9.58. The summed E-state index contributed by atoms with van der Waals surface area (Å²) in [5, 5.41) is 3.58. The number of rotatable bonds is 2. The molecule has 0 spiro atoms. The van der Waals surface area contributed by atoms with Gasteiger partial charge < -0.3 is 11.1 Å². The van der Waals surface area contributed by atoms with Crippen LogP contribution in [0.2, 0.25) is 5.02 Å². The zero-order valence-corrected chi connectivity index (χ0v) is 14.1. The smallest absolute Gasteiger partial charge is 0.251 e. The highest BCUT2D eigenvalue weighted by molar-refractivity contribution is 6.33. The molecule has 0 unspecified atom stereocenters. The number of anilines is 1. The minimum atomic E-state index is -0.0737. The third kappa shape index (κ3) is 4.13. The highest BCUT2D eigenvalue weighted by Crippen LogP contribution is 2.45. The average Bonchev–Trinajstić information content (AvgIpc) is 2.28. The van der Waals surface area contributed by atoms with E-state index in [4.69, 9.17) is 17.3 Å². The topological polar surface area (TPSA) is 55.1 Å². The number of nitrogen functional groups attached to an aromatic ring is 1. The molecule has 0 aliphatic heterocycles. The van der Waals surface area contributed by atoms with Gasteiger partial charge in [-0.05, 0) is 48.3 Å². The minimum Gasteiger partial charge on any atom is -0.398 e. The van der Waals surface area contributed by atoms with Gasteiger partial charge in [0, 0.05) is 11.6 Å². The first-order valence-electron chi connectivity index (χ1n) is 7.44. The fourth-order valence-electron chi connectivity index (χ4n) is 3.89. The van der Waals surface area contributed by atoms with Gasteiger partial charge in [-0.15, -0.1) is 0 Å². The number of nitrogens with two attached hydrogens (primary N) is 1. The number of carbonyl (C=O) groups is 1. The van der Waals surface area contributed by atoms with Crippen LogP contribution >= 0.6 is 11.6 Å². The fraction of sp³-hybridized carbons (Fsp3) is 0.588. The molecule has 0 saturated heterocycles. The first kappa shape index (κ1) is 16.2. The van der Waals surface area contributed by atoms with Crippen LogP contribution in [0.3, 0.4) is 0 Å². The maximum absolute atomic E-state index is 12.4. The molecule has 1 amide bonds. The van der Waals surface area contributed by atoms with Gasteiger partial charge in [-0.1, -0.05) is 39.3 Å². The molecule has 0 aromatic heterocycles. The quantitative estimate of drug-likeness (QED) is 0.802. The molecule has 1 aliphatic carbocycles. The molecular weight excluding hydrogens is 284 g/mol. The normalized spacial score (nSPS) is 21.0. The van der Waals surface area contributed by atoms with E-state index >= 15 is 0 Å². The molecule has 1 fully saturated rings. The summed E-state index contributed by atoms with van der Waals surface area (Å²) < 4.78 is 0. The van der Waals surface area contributed by atoms with Crippen LogP contribution in [0, 0.1) is 10.8 Å². The highest BCUT2D eigenvalue weighted by Gasteiger charge is 2.38. The second-order valence-electron chi connectivity index (χ2n) is 7.82. The maximum atomic E-state index is 12.4. The summed E-state index contributed by atoms with van der Waals surface area (Å²) in [6.07, 6.45) is 3.19. The van der Waals surface area contributed by atoms with E-state index in [0.717, 1.165) is 12.8 Å². The Bertz CT molecular complexity index is 536. The Morgan fingerprint density at radius 2 is 1.81 bits per heavy atom. The molecule has 116 valence electrons. The Labute approximate surface area is 132 Å². The Balaban J connectivity index is 2.10. The molecule has 0 bridgehead atoms. The average molecular weight is 309 g/mol. The molecule has 21 heavy (non-hydrogen) atoms. The summed E-state index contributed by atoms with van der Waals surface area (Å²) in [7, 11) is 0. The molecule has 0 atom stereocenters. The summed E-state index contributed by atoms with van der Waals surface area (Å²) in [5.74, 6) is -0.0737. The van der Waals surface area contributed by atoms with E-state index in [0.29, 0.717) is 16.3 Å². The van der Waals surface area contributed by atoms with Gasteiger partial charge >= 0.3 is 0 Å². The van der Waals surface area contributed by atoms with E-state index in [1.165, 1.54) is 6.42 Å². The van der Waals surface area contributed by atoms with Gasteiger partial charge in [0.15, 0.2) is 0 Å². The summed E-state index contributed by atoms with van der Waals surface area (Å²) in [6.45, 7) is 9.08. The molecule has 1 aliphatic rings. The van der Waals surface area contributed by atoms with Crippen LogP contribution in [0.5, 0.6) is 0 Å². The van der Waals surface area contributed by atoms with Crippen molar-refractivity contribution in [1.82, 2.24) is 5.32 Å². The lowest BCUT2D eigenvalue weighted by molar-refractivity contribution is 0.0713. The monoisotopic (exact) mass is 308 g/mol. The lowest BCUT2D eigenvalue weighted by Crippen LogP contribution is -2.46. The predicted molar refractivity (Wildman–Crippen MR) is 88.5 cm³/mol. The Hall–Kier alpha value is -1.22. The van der Waals surface area contributed by atoms with Crippen LogP contribution in [-0.2, 0) is 0 Å². The zero-order valence-electron chi connectivity index (χ0n) is 13.3. The SMILES string of the molecule is CC1(C)CC(NC(=O)c2ccc(N)c(Cl)c2)CC(C)(C)C1. The van der Waals surface area contributed by atoms with Crippen LogP contribution < -0.4 is 11.1 Å². The number of carbonyl (C=O) groups excluding carboxylic acids is 1. The number of hydrogen-bond donors (Lipinski definition) is 2. The molecule has 1 saturated carbocycles. The lowest BCUT2D eigenvalue weighted by Gasteiger charge is -2.45. The molecule has 4 heteroatoms. The number of amides is 1. The van der Waals surface area contributed by atoms with Gasteiger partial charge in [-0.3, -0.25) is 4.79 Å². The first-order valence-corrected chi connectivity index (χ1v) is 7.82. The number of benzene rings is 1. The van der Waals surface area contributed by atoms with Crippen molar-refractivity contribution in [2.24, 2.45) is 10.8 Å². The van der Waals surface area contributed by atoms with Crippen LogP contribution in [0.1, 0.15) is 57.3 Å². The number of nitrogens with one attached hydrogen (secondary N) is 1. The van der Waals surface area contributed by atoms with Gasteiger partial charge in [0.2, 0.25) is 0 Å². The van der Waals surface area contributed by atoms with Crippen molar-refractivity contribution in [2.45, 2.75) is 53.0 Å². The summed E-state index contributed by atoms with van der Waals surface area (Å²) in [6, 6.07) is 5.22. The van der Waals surface area contributed by atoms with E-state index in [2.05, 4.69) is 33.0 Å². The van der Waals surface area contributed by atoms with E-state index < -0.39 is 0 Å². The molecule has 3 nitrogen and oxygen atoms in total. The minimum absolute atomic E-state index is 0.0737. The van der Waals surface area contributed by atoms with Crippen LogP contribution in [-0.4, -0.2) is 11.9 Å². The molecular formula is C17H25ClN2O. The molecule has 3 N–H and O–H groups in total. The third-order valence-electron chi connectivity index (χ3n) is 4.15. The van der Waals surface area contributed by atoms with E-state index in [9.17, 15) is 4.79 Å². The van der Waals surface area contributed by atoms with Crippen LogP contribution in [0.4, 0.5) is 5.69 Å². The van der Waals surface area contributed by atoms with Gasteiger partial charge in [0.25, 0.3) is 5.91 Å². The zero-order chi connectivity index (χ0) is 15.8. The lowest BCUT2D eigenvalue weighted by atomic mass is 9.63. The number of hydrogen-bond acceptors (Lipinski definition) is 2. The fourth-order valence-corrected chi connectivity index (χ4v) is 4.07. The van der Waals surface area contributed by atoms with Crippen molar-refractivity contribution < 1.29 is 4.79 Å². The Morgan fingerprint density at radius 1 is 1.24 bits per heavy atom. The second-order valence-corrected chi connectivity index (χ2v) is 8.23. The second kappa shape index (κ2) is 5.53. The van der Waals surface area contributed by atoms with Gasteiger partial charge in [0.05, 0.1) is 10.7 Å². The van der Waals surface area contributed by atoms with Crippen molar-refractivity contribution in [3.05, 3.63) is 28.8 Å². The van der Waals surface area contributed by atoms with Crippen molar-refractivity contribution in [2.75, 3.05) is 5.73 Å². The van der Waals surface area contributed by atoms with E-state index in [1.807, 2.05) is 0 Å². The predicted octanol–water partition coefficient (Wildman–Crippen LogP) is 4.26. The summed E-state index contributed by atoms with van der Waals surface area (Å²) in [5.41, 5.74) is 7.24. The third-order valence-corrected chi connectivity index (χ3v) is 4.48. The molecule has 1 aromatic carbocycles. The van der Waals surface area contributed by atoms with Crippen molar-refractivity contribution >= 4 is 23.2 Å². The van der Waals surface area contributed by atoms with Gasteiger partial charge in [-0.25, -0.2) is 0 Å². The maximum Gasteiger partial charge on any atom is 0.251 e. The summed E-state index contributed by atoms with van der Waals surface area (Å²) in [4.78, 5) is 12.4. The van der Waals surface area contributed by atoms with Gasteiger partial charge in [-0.2, -0.15) is 0 Å². The highest BCUT2D eigenvalue weighted by atomic mass is 35.5. The van der Waals surface area contributed by atoms with Crippen LogP contribution in [0.25, 0.3) is 0 Å². The standard InChI is InChI=1S/C17H25ClN2O/c1-16(2)8-12(9-17(3,4)10-16)20-15(21)11-5-6-14(19)13(18)7-11/h5-7,12H,8-10,19H2,1-4H3,(H,20,21). The summed E-state index contributed by atoms with van der Waals surface area (Å²) >= 11 is 5.99. The van der Waals surface area contributed by atoms with Crippen molar-refractivity contribution in [1.29, 1.82) is 0 Å². The Kier molecular flexibility index (Phi) is 4.25. The molecule has 2 rings (SSSR count). The Morgan fingerprint density at radius 3 is 2.33 bits per heavy atom.